The molecule has 1 saturated heterocycles. The van der Waals surface area contributed by atoms with Crippen LogP contribution in [0, 0.1) is 5.92 Å². The minimum Gasteiger partial charge on any atom is -0.328 e. The van der Waals surface area contributed by atoms with Gasteiger partial charge in [0.25, 0.3) is 5.91 Å². The molecule has 2 rings (SSSR count). The van der Waals surface area contributed by atoms with Crippen molar-refractivity contribution in [1.29, 1.82) is 0 Å². The molecule has 4 nitrogen and oxygen atoms in total. The van der Waals surface area contributed by atoms with E-state index in [4.69, 9.17) is 0 Å². The van der Waals surface area contributed by atoms with Crippen molar-refractivity contribution >= 4 is 17.9 Å². The van der Waals surface area contributed by atoms with Crippen LogP contribution in [0.1, 0.15) is 25.8 Å². The first kappa shape index (κ1) is 14.3. The van der Waals surface area contributed by atoms with Crippen molar-refractivity contribution in [1.82, 2.24) is 10.2 Å². The van der Waals surface area contributed by atoms with Crippen LogP contribution in [0.4, 0.5) is 0 Å². The van der Waals surface area contributed by atoms with Crippen LogP contribution in [0.5, 0.6) is 0 Å². The Morgan fingerprint density at radius 3 is 2.50 bits per heavy atom. The van der Waals surface area contributed by atoms with Gasteiger partial charge in [-0.05, 0) is 24.0 Å². The normalized spacial score (nSPS) is 21.5. The number of carbonyl (C=O) groups excluding carboxylic acids is 2. The van der Waals surface area contributed by atoms with Gasteiger partial charge in [-0.15, -0.1) is 0 Å². The summed E-state index contributed by atoms with van der Waals surface area (Å²) in [6, 6.07) is 9.11. The Labute approximate surface area is 119 Å². The van der Waals surface area contributed by atoms with E-state index in [1.165, 1.54) is 4.90 Å². The van der Waals surface area contributed by atoms with Gasteiger partial charge in [0, 0.05) is 7.05 Å². The smallest absolute Gasteiger partial charge is 0.270 e. The third-order valence-corrected chi connectivity index (χ3v) is 3.38. The third kappa shape index (κ3) is 3.07. The zero-order valence-corrected chi connectivity index (χ0v) is 12.1. The first-order valence-electron chi connectivity index (χ1n) is 6.84. The van der Waals surface area contributed by atoms with E-state index in [2.05, 4.69) is 5.32 Å². The van der Waals surface area contributed by atoms with Crippen LogP contribution >= 0.6 is 0 Å². The van der Waals surface area contributed by atoms with Crippen molar-refractivity contribution < 1.29 is 9.59 Å². The van der Waals surface area contributed by atoms with Gasteiger partial charge in [-0.25, -0.2) is 0 Å². The maximum absolute atomic E-state index is 12.3. The van der Waals surface area contributed by atoms with E-state index in [-0.39, 0.29) is 17.9 Å². The number of nitrogens with zero attached hydrogens (tertiary/aromatic N) is 1. The van der Waals surface area contributed by atoms with Crippen molar-refractivity contribution in [2.45, 2.75) is 26.3 Å². The number of likely N-dealkylation sites (N-methyl/N-ethyl adjacent to an activating group) is 1. The lowest BCUT2D eigenvalue weighted by Gasteiger charge is -2.34. The molecule has 2 amide bonds. The van der Waals surface area contributed by atoms with E-state index in [1.807, 2.05) is 44.2 Å². The van der Waals surface area contributed by atoms with Gasteiger partial charge in [0.2, 0.25) is 5.91 Å². The SMILES string of the molecule is CC(C)CC1C(=O)NC(=Cc2ccccc2)C(=O)N1C. The van der Waals surface area contributed by atoms with Crippen molar-refractivity contribution in [3.8, 4) is 0 Å². The number of amides is 2. The van der Waals surface area contributed by atoms with Gasteiger partial charge in [-0.3, -0.25) is 9.59 Å². The number of nitrogens with one attached hydrogen (secondary N) is 1. The molecular formula is C16H20N2O2. The summed E-state index contributed by atoms with van der Waals surface area (Å²) in [6.07, 6.45) is 2.38. The van der Waals surface area contributed by atoms with E-state index in [0.29, 0.717) is 18.0 Å². The van der Waals surface area contributed by atoms with Gasteiger partial charge in [0.15, 0.2) is 0 Å². The zero-order chi connectivity index (χ0) is 14.7. The van der Waals surface area contributed by atoms with E-state index in [0.717, 1.165) is 5.56 Å². The molecule has 1 fully saturated rings. The van der Waals surface area contributed by atoms with E-state index >= 15 is 0 Å². The van der Waals surface area contributed by atoms with Crippen LogP contribution in [-0.2, 0) is 9.59 Å². The van der Waals surface area contributed by atoms with E-state index < -0.39 is 0 Å². The number of carbonyl (C=O) groups is 2. The first-order valence-corrected chi connectivity index (χ1v) is 6.84. The minimum atomic E-state index is -0.379. The fourth-order valence-electron chi connectivity index (χ4n) is 2.30. The number of hydrogen-bond donors (Lipinski definition) is 1. The molecule has 0 aromatic heterocycles. The van der Waals surface area contributed by atoms with Crippen LogP contribution in [0.25, 0.3) is 6.08 Å². The van der Waals surface area contributed by atoms with Gasteiger partial charge in [0.05, 0.1) is 0 Å². The average Bonchev–Trinajstić information content (AvgIpc) is 2.42. The minimum absolute atomic E-state index is 0.108. The predicted molar refractivity (Wildman–Crippen MR) is 78.6 cm³/mol. The summed E-state index contributed by atoms with van der Waals surface area (Å²) >= 11 is 0. The molecule has 1 atom stereocenters. The zero-order valence-electron chi connectivity index (χ0n) is 12.1. The molecule has 20 heavy (non-hydrogen) atoms. The highest BCUT2D eigenvalue weighted by Crippen LogP contribution is 2.18. The van der Waals surface area contributed by atoms with Crippen molar-refractivity contribution in [2.24, 2.45) is 5.92 Å². The van der Waals surface area contributed by atoms with E-state index in [1.54, 1.807) is 13.1 Å². The second-order valence-corrected chi connectivity index (χ2v) is 5.52. The average molecular weight is 272 g/mol. The molecule has 0 saturated carbocycles. The second-order valence-electron chi connectivity index (χ2n) is 5.52. The largest absolute Gasteiger partial charge is 0.328 e. The lowest BCUT2D eigenvalue weighted by Crippen LogP contribution is -2.55. The third-order valence-electron chi connectivity index (χ3n) is 3.38. The molecule has 1 aliphatic rings. The monoisotopic (exact) mass is 272 g/mol. The molecule has 1 aliphatic heterocycles. The summed E-state index contributed by atoms with van der Waals surface area (Å²) in [7, 11) is 1.69. The molecule has 0 aliphatic carbocycles. The Balaban J connectivity index is 2.22. The Hall–Kier alpha value is -2.10. The van der Waals surface area contributed by atoms with Crippen LogP contribution in [0.2, 0.25) is 0 Å². The lowest BCUT2D eigenvalue weighted by atomic mass is 9.99. The number of rotatable bonds is 3. The molecule has 4 heteroatoms. The van der Waals surface area contributed by atoms with Gasteiger partial charge < -0.3 is 10.2 Å². The Bertz CT molecular complexity index is 535. The summed E-state index contributed by atoms with van der Waals surface area (Å²) in [4.78, 5) is 26.0. The van der Waals surface area contributed by atoms with Crippen molar-refractivity contribution in [3.05, 3.63) is 41.6 Å². The summed E-state index contributed by atoms with van der Waals surface area (Å²) < 4.78 is 0. The molecule has 106 valence electrons. The number of hydrogen-bond acceptors (Lipinski definition) is 2. The maximum atomic E-state index is 12.3. The van der Waals surface area contributed by atoms with E-state index in [9.17, 15) is 9.59 Å². The molecule has 0 bridgehead atoms. The van der Waals surface area contributed by atoms with Crippen LogP contribution in [0.3, 0.4) is 0 Å². The summed E-state index contributed by atoms with van der Waals surface area (Å²) in [5.74, 6) is 0.114. The fraction of sp³-hybridized carbons (Fsp3) is 0.375. The molecule has 1 heterocycles. The molecule has 1 aromatic carbocycles. The maximum Gasteiger partial charge on any atom is 0.270 e. The summed E-state index contributed by atoms with van der Waals surface area (Å²) in [6.45, 7) is 4.09. The topological polar surface area (TPSA) is 49.4 Å². The molecule has 0 spiro atoms. The number of benzene rings is 1. The van der Waals surface area contributed by atoms with Crippen LogP contribution in [-0.4, -0.2) is 29.8 Å². The Morgan fingerprint density at radius 2 is 1.90 bits per heavy atom. The van der Waals surface area contributed by atoms with Gasteiger partial charge in [0.1, 0.15) is 11.7 Å². The fourth-order valence-corrected chi connectivity index (χ4v) is 2.30. The highest BCUT2D eigenvalue weighted by molar-refractivity contribution is 6.07. The molecule has 1 unspecified atom stereocenters. The number of piperazine rings is 1. The van der Waals surface area contributed by atoms with Crippen LogP contribution in [0.15, 0.2) is 36.0 Å². The summed E-state index contributed by atoms with van der Waals surface area (Å²) in [5, 5.41) is 2.73. The molecule has 1 N–H and O–H groups in total. The standard InChI is InChI=1S/C16H20N2O2/c1-11(2)9-14-15(19)17-13(16(20)18(14)3)10-12-7-5-4-6-8-12/h4-8,10-11,14H,9H2,1-3H3,(H,17,19). The predicted octanol–water partition coefficient (Wildman–Crippen LogP) is 2.03. The molecule has 0 radical (unpaired) electrons. The first-order chi connectivity index (χ1) is 9.49. The van der Waals surface area contributed by atoms with Crippen LogP contribution < -0.4 is 5.32 Å². The summed E-state index contributed by atoms with van der Waals surface area (Å²) in [5.41, 5.74) is 1.23. The van der Waals surface area contributed by atoms with Gasteiger partial charge in [-0.1, -0.05) is 44.2 Å². The van der Waals surface area contributed by atoms with Gasteiger partial charge >= 0.3 is 0 Å². The second kappa shape index (κ2) is 5.90. The molecule has 1 aromatic rings. The molecular weight excluding hydrogens is 252 g/mol. The Kier molecular flexibility index (Phi) is 4.23. The van der Waals surface area contributed by atoms with Crippen molar-refractivity contribution in [3.63, 3.8) is 0 Å². The highest BCUT2D eigenvalue weighted by Gasteiger charge is 2.35. The van der Waals surface area contributed by atoms with Gasteiger partial charge in [-0.2, -0.15) is 0 Å². The quantitative estimate of drug-likeness (QED) is 0.856. The highest BCUT2D eigenvalue weighted by atomic mass is 16.2. The van der Waals surface area contributed by atoms with Crippen molar-refractivity contribution in [2.75, 3.05) is 7.05 Å². The Morgan fingerprint density at radius 1 is 1.25 bits per heavy atom. The lowest BCUT2D eigenvalue weighted by molar-refractivity contribution is -0.141.